The van der Waals surface area contributed by atoms with Gasteiger partial charge in [0.05, 0.1) is 19.8 Å². The van der Waals surface area contributed by atoms with Crippen LogP contribution in [0.15, 0.2) is 33.7 Å². The Bertz CT molecular complexity index is 756. The van der Waals surface area contributed by atoms with E-state index >= 15 is 0 Å². The maximum absolute atomic E-state index is 6.00. The van der Waals surface area contributed by atoms with Gasteiger partial charge in [-0.25, -0.2) is 4.99 Å². The molecule has 0 spiro atoms. The van der Waals surface area contributed by atoms with Crippen LogP contribution >= 0.6 is 0 Å². The number of likely N-dealkylation sites (tertiary alicyclic amines) is 1. The summed E-state index contributed by atoms with van der Waals surface area (Å²) in [7, 11) is 1.70. The second kappa shape index (κ2) is 9.76. The number of hydrogen-bond acceptors (Lipinski definition) is 4. The first-order chi connectivity index (χ1) is 13.2. The molecule has 0 bridgehead atoms. The van der Waals surface area contributed by atoms with Crippen molar-refractivity contribution in [1.82, 2.24) is 10.2 Å². The van der Waals surface area contributed by atoms with Gasteiger partial charge in [-0.3, -0.25) is 0 Å². The lowest BCUT2D eigenvalue weighted by atomic mass is 10.1. The number of fused-ring (bicyclic) bond motifs is 1. The third-order valence-corrected chi connectivity index (χ3v) is 5.02. The van der Waals surface area contributed by atoms with Crippen LogP contribution in [0.1, 0.15) is 24.7 Å². The Hall–Kier alpha value is -2.05. The number of aliphatic imine (C=N–C) groups is 1. The van der Waals surface area contributed by atoms with E-state index in [1.165, 1.54) is 10.9 Å². The van der Waals surface area contributed by atoms with Crippen molar-refractivity contribution in [3.63, 3.8) is 0 Å². The molecule has 2 aromatic rings. The summed E-state index contributed by atoms with van der Waals surface area (Å²) in [5.74, 6) is 2.43. The molecule has 0 radical (unpaired) electrons. The Morgan fingerprint density at radius 1 is 1.33 bits per heavy atom. The molecule has 0 amide bonds. The predicted octanol–water partition coefficient (Wildman–Crippen LogP) is 3.19. The standard InChI is InChI=1S/C21H31N3O3/c1-4-22-21(24-10-9-17(14-24)15-26-12-11-25-3)23-13-20-16(2)18-7-5-6-8-19(18)27-20/h5-8,17H,4,9-15H2,1-3H3,(H,22,23). The third kappa shape index (κ3) is 5.02. The van der Waals surface area contributed by atoms with Crippen LogP contribution in [0.2, 0.25) is 0 Å². The summed E-state index contributed by atoms with van der Waals surface area (Å²) in [5, 5.41) is 4.59. The number of ether oxygens (including phenoxy) is 2. The van der Waals surface area contributed by atoms with Crippen molar-refractivity contribution in [3.05, 3.63) is 35.6 Å². The molecule has 1 aliphatic heterocycles. The fourth-order valence-electron chi connectivity index (χ4n) is 3.50. The second-order valence-electron chi connectivity index (χ2n) is 6.98. The molecule has 1 N–H and O–H groups in total. The molecule has 0 saturated carbocycles. The van der Waals surface area contributed by atoms with E-state index in [1.54, 1.807) is 7.11 Å². The van der Waals surface area contributed by atoms with Gasteiger partial charge in [-0.1, -0.05) is 18.2 Å². The largest absolute Gasteiger partial charge is 0.459 e. The Kier molecular flexibility index (Phi) is 7.12. The molecule has 1 fully saturated rings. The average Bonchev–Trinajstić information content (AvgIpc) is 3.28. The number of furan rings is 1. The Labute approximate surface area is 161 Å². The summed E-state index contributed by atoms with van der Waals surface area (Å²) in [6.07, 6.45) is 1.13. The summed E-state index contributed by atoms with van der Waals surface area (Å²) >= 11 is 0. The summed E-state index contributed by atoms with van der Waals surface area (Å²) in [6.45, 7) is 9.67. The van der Waals surface area contributed by atoms with E-state index in [2.05, 4.69) is 30.1 Å². The predicted molar refractivity (Wildman–Crippen MR) is 108 cm³/mol. The van der Waals surface area contributed by atoms with Gasteiger partial charge >= 0.3 is 0 Å². The summed E-state index contributed by atoms with van der Waals surface area (Å²) in [4.78, 5) is 7.17. The topological polar surface area (TPSA) is 59.2 Å². The van der Waals surface area contributed by atoms with Crippen molar-refractivity contribution in [2.24, 2.45) is 10.9 Å². The molecule has 1 saturated heterocycles. The molecule has 1 aromatic heterocycles. The highest BCUT2D eigenvalue weighted by molar-refractivity contribution is 5.82. The molecule has 1 aliphatic rings. The van der Waals surface area contributed by atoms with Crippen LogP contribution in [-0.4, -0.2) is 57.4 Å². The maximum atomic E-state index is 6.00. The van der Waals surface area contributed by atoms with Gasteiger partial charge in [0.1, 0.15) is 17.9 Å². The molecular formula is C21H31N3O3. The Morgan fingerprint density at radius 2 is 2.19 bits per heavy atom. The van der Waals surface area contributed by atoms with Crippen LogP contribution in [0, 0.1) is 12.8 Å². The molecule has 1 aromatic carbocycles. The van der Waals surface area contributed by atoms with Gasteiger partial charge in [0.25, 0.3) is 0 Å². The van der Waals surface area contributed by atoms with E-state index in [0.29, 0.717) is 25.7 Å². The molecule has 6 heteroatoms. The van der Waals surface area contributed by atoms with Crippen molar-refractivity contribution in [3.8, 4) is 0 Å². The summed E-state index contributed by atoms with van der Waals surface area (Å²) in [6, 6.07) is 8.15. The van der Waals surface area contributed by atoms with E-state index in [0.717, 1.165) is 50.0 Å². The first-order valence-corrected chi connectivity index (χ1v) is 9.79. The van der Waals surface area contributed by atoms with E-state index < -0.39 is 0 Å². The van der Waals surface area contributed by atoms with Gasteiger partial charge < -0.3 is 24.1 Å². The Balaban J connectivity index is 1.62. The van der Waals surface area contributed by atoms with E-state index in [4.69, 9.17) is 18.9 Å². The average molecular weight is 373 g/mol. The van der Waals surface area contributed by atoms with Crippen molar-refractivity contribution in [1.29, 1.82) is 0 Å². The van der Waals surface area contributed by atoms with Gasteiger partial charge in [-0.15, -0.1) is 0 Å². The van der Waals surface area contributed by atoms with Gasteiger partial charge in [0, 0.05) is 43.6 Å². The van der Waals surface area contributed by atoms with Crippen LogP contribution < -0.4 is 5.32 Å². The van der Waals surface area contributed by atoms with Gasteiger partial charge in [0.15, 0.2) is 5.96 Å². The van der Waals surface area contributed by atoms with E-state index in [1.807, 2.05) is 18.2 Å². The van der Waals surface area contributed by atoms with Crippen LogP contribution in [0.25, 0.3) is 11.0 Å². The quantitative estimate of drug-likeness (QED) is 0.437. The van der Waals surface area contributed by atoms with Crippen molar-refractivity contribution in [2.45, 2.75) is 26.8 Å². The van der Waals surface area contributed by atoms with Crippen molar-refractivity contribution in [2.75, 3.05) is 46.6 Å². The minimum atomic E-state index is 0.540. The van der Waals surface area contributed by atoms with Gasteiger partial charge in [-0.05, 0) is 26.3 Å². The minimum absolute atomic E-state index is 0.540. The lowest BCUT2D eigenvalue weighted by Crippen LogP contribution is -2.40. The number of aryl methyl sites for hydroxylation is 1. The van der Waals surface area contributed by atoms with Gasteiger partial charge in [0.2, 0.25) is 0 Å². The zero-order valence-electron chi connectivity index (χ0n) is 16.7. The molecule has 27 heavy (non-hydrogen) atoms. The highest BCUT2D eigenvalue weighted by Gasteiger charge is 2.25. The zero-order valence-corrected chi connectivity index (χ0v) is 16.7. The zero-order chi connectivity index (χ0) is 19.1. The maximum Gasteiger partial charge on any atom is 0.194 e. The van der Waals surface area contributed by atoms with E-state index in [-0.39, 0.29) is 0 Å². The molecule has 1 unspecified atom stereocenters. The molecule has 1 atom stereocenters. The second-order valence-corrected chi connectivity index (χ2v) is 6.98. The number of hydrogen-bond donors (Lipinski definition) is 1. The summed E-state index contributed by atoms with van der Waals surface area (Å²) in [5.41, 5.74) is 2.11. The highest BCUT2D eigenvalue weighted by atomic mass is 16.5. The van der Waals surface area contributed by atoms with E-state index in [9.17, 15) is 0 Å². The molecule has 6 nitrogen and oxygen atoms in total. The first-order valence-electron chi connectivity index (χ1n) is 9.79. The van der Waals surface area contributed by atoms with Crippen LogP contribution in [0.4, 0.5) is 0 Å². The minimum Gasteiger partial charge on any atom is -0.459 e. The molecular weight excluding hydrogens is 342 g/mol. The third-order valence-electron chi connectivity index (χ3n) is 5.02. The van der Waals surface area contributed by atoms with Crippen molar-refractivity contribution < 1.29 is 13.9 Å². The molecule has 2 heterocycles. The number of methoxy groups -OCH3 is 1. The van der Waals surface area contributed by atoms with Crippen LogP contribution in [0.5, 0.6) is 0 Å². The monoisotopic (exact) mass is 373 g/mol. The number of para-hydroxylation sites is 1. The number of nitrogens with one attached hydrogen (secondary N) is 1. The number of rotatable bonds is 8. The number of guanidine groups is 1. The fourth-order valence-corrected chi connectivity index (χ4v) is 3.50. The first kappa shape index (κ1) is 19.7. The normalized spacial score (nSPS) is 17.8. The smallest absolute Gasteiger partial charge is 0.194 e. The lowest BCUT2D eigenvalue weighted by molar-refractivity contribution is 0.0536. The highest BCUT2D eigenvalue weighted by Crippen LogP contribution is 2.25. The van der Waals surface area contributed by atoms with Crippen LogP contribution in [-0.2, 0) is 16.0 Å². The Morgan fingerprint density at radius 3 is 2.96 bits per heavy atom. The number of benzene rings is 1. The SMILES string of the molecule is CCNC(=NCc1oc2ccccc2c1C)N1CCC(COCCOC)C1. The number of nitrogens with zero attached hydrogens (tertiary/aromatic N) is 2. The van der Waals surface area contributed by atoms with Crippen molar-refractivity contribution >= 4 is 16.9 Å². The van der Waals surface area contributed by atoms with Crippen LogP contribution in [0.3, 0.4) is 0 Å². The van der Waals surface area contributed by atoms with Gasteiger partial charge in [-0.2, -0.15) is 0 Å². The fraction of sp³-hybridized carbons (Fsp3) is 0.571. The molecule has 0 aliphatic carbocycles. The molecule has 148 valence electrons. The molecule has 3 rings (SSSR count). The summed E-state index contributed by atoms with van der Waals surface area (Å²) < 4.78 is 16.7. The lowest BCUT2D eigenvalue weighted by Gasteiger charge is -2.21.